The van der Waals surface area contributed by atoms with Gasteiger partial charge in [-0.3, -0.25) is 0 Å². The number of aryl methyl sites for hydroxylation is 2. The second-order valence-corrected chi connectivity index (χ2v) is 4.28. The van der Waals surface area contributed by atoms with Crippen LogP contribution in [0.1, 0.15) is 5.82 Å². The summed E-state index contributed by atoms with van der Waals surface area (Å²) < 4.78 is 4.16. The molecule has 3 aromatic rings. The van der Waals surface area contributed by atoms with Crippen molar-refractivity contribution < 1.29 is 0 Å². The molecule has 0 amide bonds. The van der Waals surface area contributed by atoms with Crippen LogP contribution in [0.25, 0.3) is 22.4 Å². The number of benzene rings is 1. The van der Waals surface area contributed by atoms with Crippen molar-refractivity contribution in [2.45, 2.75) is 6.92 Å². The van der Waals surface area contributed by atoms with Gasteiger partial charge in [-0.05, 0) is 19.1 Å². The first kappa shape index (κ1) is 10.1. The van der Waals surface area contributed by atoms with Gasteiger partial charge in [-0.2, -0.15) is 0 Å². The molecule has 3 rings (SSSR count). The minimum absolute atomic E-state index is 0.904. The zero-order valence-electron chi connectivity index (χ0n) is 10.2. The van der Waals surface area contributed by atoms with E-state index >= 15 is 0 Å². The van der Waals surface area contributed by atoms with Crippen LogP contribution >= 0.6 is 0 Å². The van der Waals surface area contributed by atoms with E-state index in [1.54, 1.807) is 0 Å². The lowest BCUT2D eigenvalue weighted by molar-refractivity contribution is 0.850. The Hall–Kier alpha value is -2.10. The first-order valence-electron chi connectivity index (χ1n) is 5.59. The molecule has 0 unspecified atom stereocenters. The minimum Gasteiger partial charge on any atom is -0.341 e. The third-order valence-electron chi connectivity index (χ3n) is 3.27. The van der Waals surface area contributed by atoms with Gasteiger partial charge in [-0.15, -0.1) is 10.2 Å². The Labute approximate surface area is 99.5 Å². The third kappa shape index (κ3) is 1.37. The summed E-state index contributed by atoms with van der Waals surface area (Å²) in [5, 5.41) is 9.56. The lowest BCUT2D eigenvalue weighted by atomic mass is 10.2. The quantitative estimate of drug-likeness (QED) is 0.638. The molecule has 0 fully saturated rings. The number of aromatic nitrogens is 4. The summed E-state index contributed by atoms with van der Waals surface area (Å²) in [4.78, 5) is 0. The van der Waals surface area contributed by atoms with Gasteiger partial charge in [0.2, 0.25) is 0 Å². The van der Waals surface area contributed by atoms with Crippen molar-refractivity contribution in [2.75, 3.05) is 0 Å². The average molecular weight is 226 g/mol. The summed E-state index contributed by atoms with van der Waals surface area (Å²) in [7, 11) is 4.05. The molecule has 17 heavy (non-hydrogen) atoms. The summed E-state index contributed by atoms with van der Waals surface area (Å²) in [6.07, 6.45) is 0. The summed E-state index contributed by atoms with van der Waals surface area (Å²) in [6.45, 7) is 1.96. The maximum absolute atomic E-state index is 4.23. The van der Waals surface area contributed by atoms with E-state index in [1.165, 1.54) is 10.9 Å². The van der Waals surface area contributed by atoms with Crippen LogP contribution in [0.15, 0.2) is 30.3 Å². The molecular formula is C13H14N4. The molecule has 2 aromatic heterocycles. The summed E-state index contributed by atoms with van der Waals surface area (Å²) in [6, 6.07) is 10.5. The zero-order chi connectivity index (χ0) is 12.0. The van der Waals surface area contributed by atoms with Crippen LogP contribution in [-0.2, 0) is 14.1 Å². The Morgan fingerprint density at radius 1 is 1.00 bits per heavy atom. The highest BCUT2D eigenvalue weighted by molar-refractivity contribution is 5.85. The molecule has 4 heteroatoms. The van der Waals surface area contributed by atoms with Gasteiger partial charge in [0.05, 0.1) is 5.69 Å². The van der Waals surface area contributed by atoms with Crippen molar-refractivity contribution in [3.8, 4) is 11.5 Å². The van der Waals surface area contributed by atoms with E-state index < -0.39 is 0 Å². The fourth-order valence-electron chi connectivity index (χ4n) is 2.13. The molecule has 0 saturated carbocycles. The van der Waals surface area contributed by atoms with E-state index in [0.717, 1.165) is 17.3 Å². The van der Waals surface area contributed by atoms with Crippen molar-refractivity contribution in [2.24, 2.45) is 14.1 Å². The molecule has 1 aromatic carbocycles. The minimum atomic E-state index is 0.904. The molecule has 0 aliphatic rings. The average Bonchev–Trinajstić information content (AvgIpc) is 2.83. The molecule has 0 aliphatic heterocycles. The van der Waals surface area contributed by atoms with Crippen molar-refractivity contribution in [1.29, 1.82) is 0 Å². The van der Waals surface area contributed by atoms with E-state index in [4.69, 9.17) is 0 Å². The van der Waals surface area contributed by atoms with Gasteiger partial charge in [-0.1, -0.05) is 18.2 Å². The van der Waals surface area contributed by atoms with Crippen LogP contribution in [0, 0.1) is 6.92 Å². The molecular weight excluding hydrogens is 212 g/mol. The molecule has 0 bridgehead atoms. The highest BCUT2D eigenvalue weighted by Gasteiger charge is 2.13. The summed E-state index contributed by atoms with van der Waals surface area (Å²) in [5.74, 6) is 1.83. The van der Waals surface area contributed by atoms with Gasteiger partial charge < -0.3 is 9.13 Å². The van der Waals surface area contributed by atoms with E-state index in [2.05, 4.69) is 40.0 Å². The highest BCUT2D eigenvalue weighted by Crippen LogP contribution is 2.25. The largest absolute Gasteiger partial charge is 0.341 e. The van der Waals surface area contributed by atoms with E-state index in [0.29, 0.717) is 0 Å². The number of para-hydroxylation sites is 1. The predicted octanol–water partition coefficient (Wildman–Crippen LogP) is 2.28. The smallest absolute Gasteiger partial charge is 0.180 e. The van der Waals surface area contributed by atoms with Crippen LogP contribution in [0.2, 0.25) is 0 Å². The summed E-state index contributed by atoms with van der Waals surface area (Å²) >= 11 is 0. The maximum Gasteiger partial charge on any atom is 0.180 e. The van der Waals surface area contributed by atoms with Crippen LogP contribution < -0.4 is 0 Å². The SMILES string of the molecule is Cc1nnc(-c2cc3ccccc3n2C)n1C. The first-order chi connectivity index (χ1) is 8.18. The molecule has 86 valence electrons. The highest BCUT2D eigenvalue weighted by atomic mass is 15.3. The number of fused-ring (bicyclic) bond motifs is 1. The zero-order valence-corrected chi connectivity index (χ0v) is 10.2. The Balaban J connectivity index is 2.31. The van der Waals surface area contributed by atoms with Crippen molar-refractivity contribution in [3.05, 3.63) is 36.2 Å². The number of rotatable bonds is 1. The number of hydrogen-bond acceptors (Lipinski definition) is 2. The molecule has 0 N–H and O–H groups in total. The van der Waals surface area contributed by atoms with E-state index in [9.17, 15) is 0 Å². The number of hydrogen-bond donors (Lipinski definition) is 0. The van der Waals surface area contributed by atoms with Crippen LogP contribution in [-0.4, -0.2) is 19.3 Å². The summed E-state index contributed by atoms with van der Waals surface area (Å²) in [5.41, 5.74) is 2.30. The molecule has 0 radical (unpaired) electrons. The Bertz CT molecular complexity index is 691. The van der Waals surface area contributed by atoms with Crippen molar-refractivity contribution in [1.82, 2.24) is 19.3 Å². The normalized spacial score (nSPS) is 11.2. The first-order valence-corrected chi connectivity index (χ1v) is 5.59. The number of nitrogens with zero attached hydrogens (tertiary/aromatic N) is 4. The van der Waals surface area contributed by atoms with Gasteiger partial charge in [0.15, 0.2) is 5.82 Å². The van der Waals surface area contributed by atoms with Gasteiger partial charge in [-0.25, -0.2) is 0 Å². The monoisotopic (exact) mass is 226 g/mol. The Morgan fingerprint density at radius 2 is 1.76 bits per heavy atom. The second-order valence-electron chi connectivity index (χ2n) is 4.28. The molecule has 4 nitrogen and oxygen atoms in total. The van der Waals surface area contributed by atoms with E-state index in [1.807, 2.05) is 30.7 Å². The Kier molecular flexibility index (Phi) is 2.04. The van der Waals surface area contributed by atoms with Gasteiger partial charge in [0.25, 0.3) is 0 Å². The van der Waals surface area contributed by atoms with Gasteiger partial charge >= 0.3 is 0 Å². The Morgan fingerprint density at radius 3 is 2.41 bits per heavy atom. The second kappa shape index (κ2) is 3.45. The molecule has 0 aliphatic carbocycles. The standard InChI is InChI=1S/C13H14N4/c1-9-14-15-13(16(9)2)12-8-10-6-4-5-7-11(10)17(12)3/h4-8H,1-3H3. The third-order valence-corrected chi connectivity index (χ3v) is 3.27. The topological polar surface area (TPSA) is 35.6 Å². The van der Waals surface area contributed by atoms with Crippen LogP contribution in [0.4, 0.5) is 0 Å². The molecule has 0 atom stereocenters. The molecule has 0 spiro atoms. The molecule has 0 saturated heterocycles. The molecule has 2 heterocycles. The maximum atomic E-state index is 4.23. The van der Waals surface area contributed by atoms with Gasteiger partial charge in [0, 0.05) is 25.0 Å². The predicted molar refractivity (Wildman–Crippen MR) is 67.7 cm³/mol. The fourth-order valence-corrected chi connectivity index (χ4v) is 2.13. The van der Waals surface area contributed by atoms with Crippen molar-refractivity contribution in [3.63, 3.8) is 0 Å². The lowest BCUT2D eigenvalue weighted by Crippen LogP contribution is -1.99. The lowest BCUT2D eigenvalue weighted by Gasteiger charge is -2.03. The van der Waals surface area contributed by atoms with Gasteiger partial charge in [0.1, 0.15) is 5.82 Å². The van der Waals surface area contributed by atoms with E-state index in [-0.39, 0.29) is 0 Å². The van der Waals surface area contributed by atoms with Crippen LogP contribution in [0.5, 0.6) is 0 Å². The van der Waals surface area contributed by atoms with Crippen molar-refractivity contribution >= 4 is 10.9 Å². The fraction of sp³-hybridized carbons (Fsp3) is 0.231. The van der Waals surface area contributed by atoms with Crippen LogP contribution in [0.3, 0.4) is 0 Å².